The quantitative estimate of drug-likeness (QED) is 0.777. The lowest BCUT2D eigenvalue weighted by Gasteiger charge is -2.41. The average Bonchev–Trinajstić information content (AvgIpc) is 2.47. The maximum Gasteiger partial charge on any atom is 0.236 e. The van der Waals surface area contributed by atoms with E-state index in [1.165, 1.54) is 0 Å². The fourth-order valence-electron chi connectivity index (χ4n) is 2.94. The van der Waals surface area contributed by atoms with Crippen LogP contribution in [0.3, 0.4) is 0 Å². The maximum absolute atomic E-state index is 12.4. The third kappa shape index (κ3) is 4.17. The van der Waals surface area contributed by atoms with E-state index in [1.54, 1.807) is 0 Å². The molecule has 1 unspecified atom stereocenters. The number of likely N-dealkylation sites (N-methyl/N-ethyl adjacent to an activating group) is 1. The summed E-state index contributed by atoms with van der Waals surface area (Å²) in [7, 11) is 1.98. The molecule has 0 aliphatic carbocycles. The third-order valence-corrected chi connectivity index (χ3v) is 4.58. The van der Waals surface area contributed by atoms with Gasteiger partial charge in [-0.05, 0) is 33.7 Å². The van der Waals surface area contributed by atoms with Crippen LogP contribution in [0.5, 0.6) is 0 Å². The Morgan fingerprint density at radius 1 is 1.43 bits per heavy atom. The number of rotatable bonds is 4. The van der Waals surface area contributed by atoms with Gasteiger partial charge in [-0.25, -0.2) is 0 Å². The van der Waals surface area contributed by atoms with Gasteiger partial charge in [-0.3, -0.25) is 14.5 Å². The number of carbonyl (C=O) groups excluding carboxylic acids is 2. The van der Waals surface area contributed by atoms with Crippen molar-refractivity contribution >= 4 is 11.8 Å². The van der Waals surface area contributed by atoms with E-state index in [0.29, 0.717) is 25.7 Å². The molecule has 1 atom stereocenters. The van der Waals surface area contributed by atoms with Crippen molar-refractivity contribution < 1.29 is 9.59 Å². The highest BCUT2D eigenvalue weighted by Crippen LogP contribution is 2.17. The Morgan fingerprint density at radius 2 is 2.19 bits per heavy atom. The lowest BCUT2D eigenvalue weighted by molar-refractivity contribution is -0.141. The molecule has 0 aromatic carbocycles. The summed E-state index contributed by atoms with van der Waals surface area (Å²) < 4.78 is 0. The average molecular weight is 296 g/mol. The van der Waals surface area contributed by atoms with Crippen LogP contribution in [0.2, 0.25) is 0 Å². The van der Waals surface area contributed by atoms with E-state index in [0.717, 1.165) is 32.5 Å². The van der Waals surface area contributed by atoms with Gasteiger partial charge in [0.2, 0.25) is 11.8 Å². The molecule has 2 aliphatic heterocycles. The minimum atomic E-state index is 0.167. The Balaban J connectivity index is 1.90. The molecular weight excluding hydrogens is 268 g/mol. The van der Waals surface area contributed by atoms with E-state index < -0.39 is 0 Å². The van der Waals surface area contributed by atoms with Gasteiger partial charge in [-0.15, -0.1) is 0 Å². The van der Waals surface area contributed by atoms with Gasteiger partial charge in [0.15, 0.2) is 0 Å². The topological polar surface area (TPSA) is 55.9 Å². The zero-order valence-electron chi connectivity index (χ0n) is 13.5. The predicted octanol–water partition coefficient (Wildman–Crippen LogP) is -0.251. The van der Waals surface area contributed by atoms with Gasteiger partial charge < -0.3 is 15.1 Å². The molecule has 0 radical (unpaired) electrons. The Morgan fingerprint density at radius 3 is 2.86 bits per heavy atom. The molecule has 2 rings (SSSR count). The van der Waals surface area contributed by atoms with Crippen LogP contribution in [0.15, 0.2) is 0 Å². The summed E-state index contributed by atoms with van der Waals surface area (Å²) in [5.41, 5.74) is 0. The van der Waals surface area contributed by atoms with Crippen molar-refractivity contribution in [3.8, 4) is 0 Å². The van der Waals surface area contributed by atoms with Crippen molar-refractivity contribution in [1.82, 2.24) is 20.0 Å². The number of carbonyl (C=O) groups is 2. The van der Waals surface area contributed by atoms with Crippen LogP contribution in [0.25, 0.3) is 0 Å². The second-order valence-electron chi connectivity index (χ2n) is 6.41. The summed E-state index contributed by atoms with van der Waals surface area (Å²) in [6, 6.07) is 0.561. The Kier molecular flexibility index (Phi) is 5.58. The first-order valence-electron chi connectivity index (χ1n) is 7.97. The SMILES string of the molecule is CC(C)N(C)CC(=O)N1CCCC(N2CCNCC2=O)C1. The number of piperidine rings is 1. The minimum Gasteiger partial charge on any atom is -0.340 e. The minimum absolute atomic E-state index is 0.167. The summed E-state index contributed by atoms with van der Waals surface area (Å²) in [5.74, 6) is 0.346. The summed E-state index contributed by atoms with van der Waals surface area (Å²) >= 11 is 0. The maximum atomic E-state index is 12.4. The molecule has 2 fully saturated rings. The van der Waals surface area contributed by atoms with E-state index in [2.05, 4.69) is 24.1 Å². The van der Waals surface area contributed by atoms with E-state index in [1.807, 2.05) is 16.8 Å². The van der Waals surface area contributed by atoms with Gasteiger partial charge in [-0.2, -0.15) is 0 Å². The molecule has 2 saturated heterocycles. The highest BCUT2D eigenvalue weighted by Gasteiger charge is 2.31. The second kappa shape index (κ2) is 7.22. The summed E-state index contributed by atoms with van der Waals surface area (Å²) in [6.07, 6.45) is 1.99. The number of nitrogens with one attached hydrogen (secondary N) is 1. The van der Waals surface area contributed by atoms with E-state index >= 15 is 0 Å². The van der Waals surface area contributed by atoms with Crippen LogP contribution in [0, 0.1) is 0 Å². The Bertz CT molecular complexity index is 386. The molecule has 6 nitrogen and oxygen atoms in total. The number of amides is 2. The molecule has 2 heterocycles. The summed E-state index contributed by atoms with van der Waals surface area (Å²) in [4.78, 5) is 30.3. The van der Waals surface area contributed by atoms with Crippen LogP contribution >= 0.6 is 0 Å². The van der Waals surface area contributed by atoms with Gasteiger partial charge >= 0.3 is 0 Å². The van der Waals surface area contributed by atoms with Crippen molar-refractivity contribution in [3.63, 3.8) is 0 Å². The molecule has 6 heteroatoms. The van der Waals surface area contributed by atoms with Crippen molar-refractivity contribution in [2.45, 2.75) is 38.8 Å². The van der Waals surface area contributed by atoms with E-state index in [-0.39, 0.29) is 17.9 Å². The first kappa shape index (κ1) is 16.2. The number of likely N-dealkylation sites (tertiary alicyclic amines) is 1. The predicted molar refractivity (Wildman–Crippen MR) is 82.0 cm³/mol. The highest BCUT2D eigenvalue weighted by atomic mass is 16.2. The number of hydrogen-bond acceptors (Lipinski definition) is 4. The molecule has 0 aromatic heterocycles. The fraction of sp³-hybridized carbons (Fsp3) is 0.867. The monoisotopic (exact) mass is 296 g/mol. The van der Waals surface area contributed by atoms with Gasteiger partial charge in [0.25, 0.3) is 0 Å². The smallest absolute Gasteiger partial charge is 0.236 e. The van der Waals surface area contributed by atoms with E-state index in [4.69, 9.17) is 0 Å². The zero-order valence-corrected chi connectivity index (χ0v) is 13.5. The van der Waals surface area contributed by atoms with Crippen LogP contribution in [-0.4, -0.2) is 84.9 Å². The van der Waals surface area contributed by atoms with Gasteiger partial charge in [0.05, 0.1) is 13.1 Å². The molecule has 0 spiro atoms. The third-order valence-electron chi connectivity index (χ3n) is 4.58. The zero-order chi connectivity index (χ0) is 15.4. The van der Waals surface area contributed by atoms with Crippen LogP contribution < -0.4 is 5.32 Å². The van der Waals surface area contributed by atoms with Crippen molar-refractivity contribution in [2.24, 2.45) is 0 Å². The van der Waals surface area contributed by atoms with Crippen LogP contribution in [-0.2, 0) is 9.59 Å². The largest absolute Gasteiger partial charge is 0.340 e. The number of nitrogens with zero attached hydrogens (tertiary/aromatic N) is 3. The molecule has 0 aromatic rings. The Labute approximate surface area is 127 Å². The summed E-state index contributed by atoms with van der Waals surface area (Å²) in [5, 5.41) is 3.10. The standard InChI is InChI=1S/C15H28N4O2/c1-12(2)17(3)11-15(21)18-7-4-5-13(10-18)19-8-6-16-9-14(19)20/h12-13,16H,4-11H2,1-3H3. The fourth-order valence-corrected chi connectivity index (χ4v) is 2.94. The normalized spacial score (nSPS) is 24.0. The first-order valence-corrected chi connectivity index (χ1v) is 7.97. The Hall–Kier alpha value is -1.14. The molecule has 21 heavy (non-hydrogen) atoms. The highest BCUT2D eigenvalue weighted by molar-refractivity contribution is 5.80. The molecule has 1 N–H and O–H groups in total. The lowest BCUT2D eigenvalue weighted by atomic mass is 10.0. The summed E-state index contributed by atoms with van der Waals surface area (Å²) in [6.45, 7) is 8.19. The van der Waals surface area contributed by atoms with Gasteiger partial charge in [-0.1, -0.05) is 0 Å². The van der Waals surface area contributed by atoms with Gasteiger partial charge in [0, 0.05) is 38.3 Å². The molecule has 0 bridgehead atoms. The van der Waals surface area contributed by atoms with Crippen LogP contribution in [0.4, 0.5) is 0 Å². The molecule has 120 valence electrons. The van der Waals surface area contributed by atoms with Crippen molar-refractivity contribution in [1.29, 1.82) is 0 Å². The second-order valence-corrected chi connectivity index (χ2v) is 6.41. The number of hydrogen-bond donors (Lipinski definition) is 1. The lowest BCUT2D eigenvalue weighted by Crippen LogP contribution is -2.58. The molecule has 2 amide bonds. The van der Waals surface area contributed by atoms with Crippen molar-refractivity contribution in [3.05, 3.63) is 0 Å². The van der Waals surface area contributed by atoms with Crippen molar-refractivity contribution in [2.75, 3.05) is 46.3 Å². The number of piperazine rings is 1. The van der Waals surface area contributed by atoms with Crippen LogP contribution in [0.1, 0.15) is 26.7 Å². The first-order chi connectivity index (χ1) is 9.99. The molecule has 2 aliphatic rings. The molecular formula is C15H28N4O2. The van der Waals surface area contributed by atoms with E-state index in [9.17, 15) is 9.59 Å². The van der Waals surface area contributed by atoms with Gasteiger partial charge in [0.1, 0.15) is 0 Å². The molecule has 0 saturated carbocycles.